The summed E-state index contributed by atoms with van der Waals surface area (Å²) in [5, 5.41) is 4.18. The summed E-state index contributed by atoms with van der Waals surface area (Å²) in [6, 6.07) is 3.64. The fourth-order valence-electron chi connectivity index (χ4n) is 1.08. The van der Waals surface area contributed by atoms with Crippen molar-refractivity contribution >= 4 is 29.3 Å². The SMILES string of the molecule is Nc1c(Cl)ncnc1N/N=C\c1ccncc1. The molecular weight excluding hydrogens is 240 g/mol. The van der Waals surface area contributed by atoms with Crippen LogP contribution in [0.5, 0.6) is 0 Å². The Balaban J connectivity index is 2.08. The lowest BCUT2D eigenvalue weighted by atomic mass is 10.3. The predicted molar refractivity (Wildman–Crippen MR) is 66.9 cm³/mol. The minimum atomic E-state index is 0.196. The molecule has 2 aromatic heterocycles. The quantitative estimate of drug-likeness (QED) is 0.489. The molecule has 17 heavy (non-hydrogen) atoms. The van der Waals surface area contributed by atoms with E-state index in [0.717, 1.165) is 5.56 Å². The Kier molecular flexibility index (Phi) is 3.46. The maximum Gasteiger partial charge on any atom is 0.174 e. The Morgan fingerprint density at radius 3 is 2.82 bits per heavy atom. The number of hydrogen-bond acceptors (Lipinski definition) is 6. The van der Waals surface area contributed by atoms with Crippen LogP contribution in [0, 0.1) is 0 Å². The number of pyridine rings is 1. The van der Waals surface area contributed by atoms with Crippen molar-refractivity contribution in [2.45, 2.75) is 0 Å². The highest BCUT2D eigenvalue weighted by Crippen LogP contribution is 2.21. The van der Waals surface area contributed by atoms with Crippen LogP contribution in [-0.2, 0) is 0 Å². The van der Waals surface area contributed by atoms with Crippen molar-refractivity contribution in [3.63, 3.8) is 0 Å². The second kappa shape index (κ2) is 5.22. The molecule has 0 aromatic carbocycles. The van der Waals surface area contributed by atoms with Crippen molar-refractivity contribution in [3.05, 3.63) is 41.6 Å². The number of anilines is 2. The summed E-state index contributed by atoms with van der Waals surface area (Å²) in [6.45, 7) is 0. The minimum Gasteiger partial charge on any atom is -0.393 e. The molecule has 7 heteroatoms. The molecule has 0 saturated carbocycles. The van der Waals surface area contributed by atoms with Crippen LogP contribution in [-0.4, -0.2) is 21.2 Å². The van der Waals surface area contributed by atoms with Gasteiger partial charge in [-0.3, -0.25) is 10.4 Å². The first-order chi connectivity index (χ1) is 8.27. The Hall–Kier alpha value is -2.21. The largest absolute Gasteiger partial charge is 0.393 e. The molecule has 2 aromatic rings. The highest BCUT2D eigenvalue weighted by atomic mass is 35.5. The molecule has 2 rings (SSSR count). The summed E-state index contributed by atoms with van der Waals surface area (Å²) in [7, 11) is 0. The lowest BCUT2D eigenvalue weighted by molar-refractivity contribution is 1.14. The number of nitrogen functional groups attached to an aromatic ring is 1. The van der Waals surface area contributed by atoms with Gasteiger partial charge in [0.2, 0.25) is 0 Å². The first-order valence-electron chi connectivity index (χ1n) is 4.72. The molecule has 0 spiro atoms. The zero-order chi connectivity index (χ0) is 12.1. The van der Waals surface area contributed by atoms with Gasteiger partial charge >= 0.3 is 0 Å². The first kappa shape index (κ1) is 11.3. The van der Waals surface area contributed by atoms with Crippen LogP contribution in [0.4, 0.5) is 11.5 Å². The summed E-state index contributed by atoms with van der Waals surface area (Å²) < 4.78 is 0. The lowest BCUT2D eigenvalue weighted by Crippen LogP contribution is -2.00. The van der Waals surface area contributed by atoms with Crippen LogP contribution < -0.4 is 11.2 Å². The number of rotatable bonds is 3. The fourth-order valence-corrected chi connectivity index (χ4v) is 1.21. The van der Waals surface area contributed by atoms with Gasteiger partial charge in [0.25, 0.3) is 0 Å². The molecule has 0 atom stereocenters. The Morgan fingerprint density at radius 2 is 2.06 bits per heavy atom. The van der Waals surface area contributed by atoms with E-state index >= 15 is 0 Å². The Morgan fingerprint density at radius 1 is 1.29 bits per heavy atom. The maximum atomic E-state index is 5.73. The molecule has 0 aliphatic rings. The van der Waals surface area contributed by atoms with Crippen molar-refractivity contribution in [2.24, 2.45) is 5.10 Å². The molecule has 0 fully saturated rings. The van der Waals surface area contributed by atoms with Crippen LogP contribution >= 0.6 is 11.6 Å². The predicted octanol–water partition coefficient (Wildman–Crippen LogP) is 1.55. The summed E-state index contributed by atoms with van der Waals surface area (Å²) in [5.41, 5.74) is 9.52. The second-order valence-electron chi connectivity index (χ2n) is 3.08. The minimum absolute atomic E-state index is 0.196. The fraction of sp³-hybridized carbons (Fsp3) is 0. The molecule has 0 aliphatic carbocycles. The smallest absolute Gasteiger partial charge is 0.174 e. The summed E-state index contributed by atoms with van der Waals surface area (Å²) in [5.74, 6) is 0.371. The van der Waals surface area contributed by atoms with Crippen LogP contribution in [0.15, 0.2) is 36.0 Å². The Bertz CT molecular complexity index is 528. The molecule has 2 heterocycles. The van der Waals surface area contributed by atoms with E-state index in [1.165, 1.54) is 6.33 Å². The van der Waals surface area contributed by atoms with Gasteiger partial charge in [-0.15, -0.1) is 0 Å². The number of nitrogens with one attached hydrogen (secondary N) is 1. The molecule has 0 amide bonds. The number of halogens is 1. The molecule has 0 saturated heterocycles. The van der Waals surface area contributed by atoms with Gasteiger partial charge in [-0.25, -0.2) is 9.97 Å². The van der Waals surface area contributed by atoms with Crippen molar-refractivity contribution in [2.75, 3.05) is 11.2 Å². The molecule has 0 radical (unpaired) electrons. The standard InChI is InChI=1S/C10H9ClN6/c11-9-8(12)10(15-6-14-9)17-16-5-7-1-3-13-4-2-7/h1-6H,12H2,(H,14,15,17)/b16-5-. The van der Waals surface area contributed by atoms with E-state index in [9.17, 15) is 0 Å². The van der Waals surface area contributed by atoms with Crippen molar-refractivity contribution < 1.29 is 0 Å². The number of hydrazone groups is 1. The molecular formula is C10H9ClN6. The van der Waals surface area contributed by atoms with Crippen molar-refractivity contribution in [1.29, 1.82) is 0 Å². The summed E-state index contributed by atoms with van der Waals surface area (Å²) in [6.07, 6.45) is 6.29. The normalized spacial score (nSPS) is 10.6. The summed E-state index contributed by atoms with van der Waals surface area (Å²) in [4.78, 5) is 11.5. The van der Waals surface area contributed by atoms with Gasteiger partial charge in [-0.2, -0.15) is 5.10 Å². The monoisotopic (exact) mass is 248 g/mol. The topological polar surface area (TPSA) is 89.1 Å². The van der Waals surface area contributed by atoms with E-state index in [4.69, 9.17) is 17.3 Å². The average molecular weight is 249 g/mol. The van der Waals surface area contributed by atoms with Crippen LogP contribution in [0.25, 0.3) is 0 Å². The molecule has 0 aliphatic heterocycles. The number of hydrogen-bond donors (Lipinski definition) is 2. The van der Waals surface area contributed by atoms with E-state index in [1.54, 1.807) is 18.6 Å². The highest BCUT2D eigenvalue weighted by Gasteiger charge is 2.03. The number of nitrogens with zero attached hydrogens (tertiary/aromatic N) is 4. The maximum absolute atomic E-state index is 5.73. The second-order valence-corrected chi connectivity index (χ2v) is 3.44. The molecule has 6 nitrogen and oxygen atoms in total. The van der Waals surface area contributed by atoms with Crippen LogP contribution in [0.2, 0.25) is 5.15 Å². The van der Waals surface area contributed by atoms with E-state index in [2.05, 4.69) is 25.5 Å². The van der Waals surface area contributed by atoms with Gasteiger partial charge < -0.3 is 5.73 Å². The lowest BCUT2D eigenvalue weighted by Gasteiger charge is -2.03. The van der Waals surface area contributed by atoms with E-state index in [0.29, 0.717) is 5.82 Å². The molecule has 86 valence electrons. The molecule has 3 N–H and O–H groups in total. The van der Waals surface area contributed by atoms with Gasteiger partial charge in [0.15, 0.2) is 11.0 Å². The Labute approximate surface area is 103 Å². The molecule has 0 bridgehead atoms. The van der Waals surface area contributed by atoms with Crippen molar-refractivity contribution in [1.82, 2.24) is 15.0 Å². The zero-order valence-electron chi connectivity index (χ0n) is 8.71. The number of aromatic nitrogens is 3. The van der Waals surface area contributed by atoms with E-state index in [1.807, 2.05) is 12.1 Å². The van der Waals surface area contributed by atoms with E-state index < -0.39 is 0 Å². The van der Waals surface area contributed by atoms with Gasteiger partial charge in [0, 0.05) is 12.4 Å². The van der Waals surface area contributed by atoms with Crippen LogP contribution in [0.1, 0.15) is 5.56 Å². The van der Waals surface area contributed by atoms with Crippen molar-refractivity contribution in [3.8, 4) is 0 Å². The van der Waals surface area contributed by atoms with Gasteiger partial charge in [-0.05, 0) is 17.7 Å². The van der Waals surface area contributed by atoms with Crippen LogP contribution in [0.3, 0.4) is 0 Å². The highest BCUT2D eigenvalue weighted by molar-refractivity contribution is 6.32. The van der Waals surface area contributed by atoms with E-state index in [-0.39, 0.29) is 10.8 Å². The zero-order valence-corrected chi connectivity index (χ0v) is 9.46. The third kappa shape index (κ3) is 2.88. The summed E-state index contributed by atoms with van der Waals surface area (Å²) >= 11 is 5.73. The van der Waals surface area contributed by atoms with Gasteiger partial charge in [0.1, 0.15) is 12.0 Å². The number of nitrogens with two attached hydrogens (primary N) is 1. The molecule has 0 unspecified atom stereocenters. The third-order valence-electron chi connectivity index (χ3n) is 1.93. The third-order valence-corrected chi connectivity index (χ3v) is 2.23. The van der Waals surface area contributed by atoms with Gasteiger partial charge in [-0.1, -0.05) is 11.6 Å². The first-order valence-corrected chi connectivity index (χ1v) is 5.10. The van der Waals surface area contributed by atoms with Gasteiger partial charge in [0.05, 0.1) is 6.21 Å². The average Bonchev–Trinajstić information content (AvgIpc) is 2.36.